The SMILES string of the molecule is C[C@H](CSCCF)NC(=O)c1ccc(/C=C/C(c2cc(Cl)c(Cl)c(Cl)c2)C(C)(F)F)cc1C(F)(F)F. The van der Waals surface area contributed by atoms with Crippen LogP contribution in [0, 0.1) is 0 Å². The highest BCUT2D eigenvalue weighted by atomic mass is 35.5. The molecule has 1 unspecified atom stereocenters. The number of halogens is 9. The van der Waals surface area contributed by atoms with Gasteiger partial charge in [0.2, 0.25) is 0 Å². The number of carbonyl (C=O) groups excluding carboxylic acids is 1. The number of alkyl halides is 6. The van der Waals surface area contributed by atoms with Crippen LogP contribution < -0.4 is 5.32 Å². The van der Waals surface area contributed by atoms with Crippen molar-refractivity contribution in [2.75, 3.05) is 18.2 Å². The lowest BCUT2D eigenvalue weighted by Gasteiger charge is -2.22. The third-order valence-corrected chi connectivity index (χ3v) is 7.33. The molecule has 2 rings (SSSR count). The maximum Gasteiger partial charge on any atom is 0.417 e. The molecule has 0 aliphatic heterocycles. The van der Waals surface area contributed by atoms with Crippen LogP contribution in [0.2, 0.25) is 15.1 Å². The molecule has 1 amide bonds. The summed E-state index contributed by atoms with van der Waals surface area (Å²) in [5, 5.41) is 2.35. The van der Waals surface area contributed by atoms with Gasteiger partial charge in [-0.25, -0.2) is 8.78 Å². The Balaban J connectivity index is 2.38. The second kappa shape index (κ2) is 12.8. The standard InChI is InChI=1S/C24H22Cl3F6NOS/c1-13(12-36-8-7-28)34-22(35)16-5-3-14(9-18(16)24(31,32)33)4-6-17(23(2,29)30)15-10-19(25)21(27)20(26)11-15/h3-6,9-11,13,17H,7-8,12H2,1-2H3,(H,34,35)/b6-4+/t13-,17?/m1/s1. The number of allylic oxidation sites excluding steroid dienone is 1. The lowest BCUT2D eigenvalue weighted by atomic mass is 9.92. The third kappa shape index (κ3) is 8.50. The summed E-state index contributed by atoms with van der Waals surface area (Å²) in [5.41, 5.74) is -1.87. The highest BCUT2D eigenvalue weighted by Gasteiger charge is 2.36. The molecule has 0 bridgehead atoms. The molecule has 2 nitrogen and oxygen atoms in total. The topological polar surface area (TPSA) is 29.1 Å². The van der Waals surface area contributed by atoms with E-state index in [1.54, 1.807) is 6.92 Å². The van der Waals surface area contributed by atoms with Gasteiger partial charge < -0.3 is 5.32 Å². The van der Waals surface area contributed by atoms with E-state index in [2.05, 4.69) is 5.32 Å². The molecule has 0 saturated carbocycles. The molecular formula is C24H22Cl3F6NOS. The van der Waals surface area contributed by atoms with Gasteiger partial charge in [-0.15, -0.1) is 0 Å². The summed E-state index contributed by atoms with van der Waals surface area (Å²) in [6.07, 6.45) is -2.74. The van der Waals surface area contributed by atoms with Gasteiger partial charge in [-0.2, -0.15) is 24.9 Å². The summed E-state index contributed by atoms with van der Waals surface area (Å²) in [6, 6.07) is 4.83. The predicted octanol–water partition coefficient (Wildman–Crippen LogP) is 8.94. The van der Waals surface area contributed by atoms with Gasteiger partial charge in [0.15, 0.2) is 0 Å². The Bertz CT molecular complexity index is 1080. The molecule has 0 spiro atoms. The molecule has 2 atom stereocenters. The highest BCUT2D eigenvalue weighted by Crippen LogP contribution is 2.40. The van der Waals surface area contributed by atoms with Crippen LogP contribution in [-0.4, -0.2) is 36.1 Å². The molecule has 2 aromatic rings. The number of benzene rings is 2. The van der Waals surface area contributed by atoms with Crippen molar-refractivity contribution >= 4 is 58.5 Å². The van der Waals surface area contributed by atoms with E-state index in [0.717, 1.165) is 18.2 Å². The number of carbonyl (C=O) groups is 1. The average Bonchev–Trinajstić information content (AvgIpc) is 2.76. The first kappa shape index (κ1) is 30.7. The number of rotatable bonds is 10. The maximum atomic E-state index is 14.4. The third-order valence-electron chi connectivity index (χ3n) is 4.95. The number of hydrogen-bond acceptors (Lipinski definition) is 2. The predicted molar refractivity (Wildman–Crippen MR) is 136 cm³/mol. The Morgan fingerprint density at radius 2 is 1.69 bits per heavy atom. The molecule has 0 aromatic heterocycles. The number of hydrogen-bond donors (Lipinski definition) is 1. The Labute approximate surface area is 224 Å². The fourth-order valence-electron chi connectivity index (χ4n) is 3.29. The Morgan fingerprint density at radius 1 is 1.08 bits per heavy atom. The van der Waals surface area contributed by atoms with Gasteiger partial charge in [0.05, 0.1) is 38.8 Å². The van der Waals surface area contributed by atoms with Gasteiger partial charge in [0.25, 0.3) is 11.8 Å². The van der Waals surface area contributed by atoms with Crippen LogP contribution in [0.25, 0.3) is 6.08 Å². The van der Waals surface area contributed by atoms with E-state index < -0.39 is 47.8 Å². The molecule has 1 N–H and O–H groups in total. The summed E-state index contributed by atoms with van der Waals surface area (Å²) < 4.78 is 82.2. The Morgan fingerprint density at radius 3 is 2.22 bits per heavy atom. The van der Waals surface area contributed by atoms with Crippen LogP contribution >= 0.6 is 46.6 Å². The van der Waals surface area contributed by atoms with Gasteiger partial charge >= 0.3 is 6.18 Å². The minimum absolute atomic E-state index is 0.0109. The van der Waals surface area contributed by atoms with Crippen LogP contribution in [0.1, 0.15) is 46.8 Å². The fourth-order valence-corrected chi connectivity index (χ4v) is 4.62. The summed E-state index contributed by atoms with van der Waals surface area (Å²) in [5.74, 6) is -5.32. The molecule has 198 valence electrons. The first-order valence-electron chi connectivity index (χ1n) is 10.5. The van der Waals surface area contributed by atoms with Crippen molar-refractivity contribution in [2.45, 2.75) is 37.9 Å². The van der Waals surface area contributed by atoms with E-state index in [9.17, 15) is 31.1 Å². The van der Waals surface area contributed by atoms with E-state index >= 15 is 0 Å². The minimum Gasteiger partial charge on any atom is -0.349 e. The monoisotopic (exact) mass is 591 g/mol. The number of thioether (sulfide) groups is 1. The molecule has 12 heteroatoms. The molecular weight excluding hydrogens is 571 g/mol. The van der Waals surface area contributed by atoms with Gasteiger partial charge in [-0.1, -0.05) is 53.0 Å². The number of nitrogens with one attached hydrogen (secondary N) is 1. The van der Waals surface area contributed by atoms with Crippen LogP contribution in [0.3, 0.4) is 0 Å². The molecule has 0 radical (unpaired) electrons. The maximum absolute atomic E-state index is 14.4. The molecule has 0 fully saturated rings. The fraction of sp³-hybridized carbons (Fsp3) is 0.375. The van der Waals surface area contributed by atoms with Crippen molar-refractivity contribution in [1.82, 2.24) is 5.32 Å². The molecule has 0 aliphatic rings. The summed E-state index contributed by atoms with van der Waals surface area (Å²) in [7, 11) is 0. The van der Waals surface area contributed by atoms with Gasteiger partial charge in [-0.05, 0) is 42.3 Å². The van der Waals surface area contributed by atoms with Crippen molar-refractivity contribution in [3.05, 3.63) is 73.7 Å². The quantitative estimate of drug-likeness (QED) is 0.170. The van der Waals surface area contributed by atoms with Crippen molar-refractivity contribution in [2.24, 2.45) is 0 Å². The lowest BCUT2D eigenvalue weighted by Crippen LogP contribution is -2.35. The Hall–Kier alpha value is -1.55. The summed E-state index contributed by atoms with van der Waals surface area (Å²) >= 11 is 19.0. The summed E-state index contributed by atoms with van der Waals surface area (Å²) in [6.45, 7) is 1.69. The van der Waals surface area contributed by atoms with Crippen molar-refractivity contribution in [3.63, 3.8) is 0 Å². The van der Waals surface area contributed by atoms with Crippen molar-refractivity contribution in [1.29, 1.82) is 0 Å². The molecule has 0 heterocycles. The van der Waals surface area contributed by atoms with Crippen LogP contribution in [0.5, 0.6) is 0 Å². The smallest absolute Gasteiger partial charge is 0.349 e. The normalized spacial score (nSPS) is 14.2. The molecule has 36 heavy (non-hydrogen) atoms. The zero-order valence-corrected chi connectivity index (χ0v) is 22.1. The van der Waals surface area contributed by atoms with E-state index in [1.165, 1.54) is 30.0 Å². The second-order valence-electron chi connectivity index (χ2n) is 8.03. The number of amides is 1. The van der Waals surface area contributed by atoms with Crippen LogP contribution in [-0.2, 0) is 6.18 Å². The molecule has 2 aromatic carbocycles. The van der Waals surface area contributed by atoms with Gasteiger partial charge in [-0.3, -0.25) is 9.18 Å². The zero-order valence-electron chi connectivity index (χ0n) is 19.0. The second-order valence-corrected chi connectivity index (χ2v) is 10.4. The minimum atomic E-state index is -4.88. The van der Waals surface area contributed by atoms with E-state index in [-0.39, 0.29) is 31.9 Å². The first-order valence-corrected chi connectivity index (χ1v) is 12.8. The largest absolute Gasteiger partial charge is 0.417 e. The van der Waals surface area contributed by atoms with Crippen LogP contribution in [0.4, 0.5) is 26.3 Å². The average molecular weight is 593 g/mol. The van der Waals surface area contributed by atoms with E-state index in [4.69, 9.17) is 34.8 Å². The van der Waals surface area contributed by atoms with E-state index in [0.29, 0.717) is 18.7 Å². The molecule has 0 aliphatic carbocycles. The lowest BCUT2D eigenvalue weighted by molar-refractivity contribution is -0.138. The van der Waals surface area contributed by atoms with Gasteiger partial charge in [0, 0.05) is 24.5 Å². The van der Waals surface area contributed by atoms with Crippen LogP contribution in [0.15, 0.2) is 36.4 Å². The first-order chi connectivity index (χ1) is 16.6. The van der Waals surface area contributed by atoms with Gasteiger partial charge in [0.1, 0.15) is 0 Å². The van der Waals surface area contributed by atoms with E-state index in [1.807, 2.05) is 0 Å². The highest BCUT2D eigenvalue weighted by molar-refractivity contribution is 7.99. The van der Waals surface area contributed by atoms with Crippen molar-refractivity contribution in [3.8, 4) is 0 Å². The zero-order chi connectivity index (χ0) is 27.3. The van der Waals surface area contributed by atoms with Crippen molar-refractivity contribution < 1.29 is 31.1 Å². The Kier molecular flexibility index (Phi) is 10.9. The summed E-state index contributed by atoms with van der Waals surface area (Å²) in [4.78, 5) is 12.5. The molecule has 0 saturated heterocycles.